The summed E-state index contributed by atoms with van der Waals surface area (Å²) in [6, 6.07) is 8.51. The molecule has 1 saturated heterocycles. The molecule has 0 aliphatic carbocycles. The van der Waals surface area contributed by atoms with E-state index in [-0.39, 0.29) is 11.6 Å². The lowest BCUT2D eigenvalue weighted by Crippen LogP contribution is -2.63. The molecule has 33 heavy (non-hydrogen) atoms. The molecule has 5 rings (SSSR count). The Bertz CT molecular complexity index is 1270. The van der Waals surface area contributed by atoms with Gasteiger partial charge in [-0.1, -0.05) is 0 Å². The molecule has 2 aliphatic rings. The van der Waals surface area contributed by atoms with Gasteiger partial charge in [-0.25, -0.2) is 9.37 Å². The maximum Gasteiger partial charge on any atom is 0.166 e. The van der Waals surface area contributed by atoms with Gasteiger partial charge in [-0.15, -0.1) is 0 Å². The number of rotatable bonds is 0. The zero-order chi connectivity index (χ0) is 23.3. The molecule has 2 N–H and O–H groups in total. The minimum absolute atomic E-state index is 0.209. The fourth-order valence-corrected chi connectivity index (χ4v) is 4.85. The van der Waals surface area contributed by atoms with Gasteiger partial charge in [-0.2, -0.15) is 10.4 Å². The van der Waals surface area contributed by atoms with E-state index in [0.717, 1.165) is 24.3 Å². The molecule has 0 unspecified atom stereocenters. The van der Waals surface area contributed by atoms with Crippen LogP contribution in [-0.4, -0.2) is 45.4 Å². The van der Waals surface area contributed by atoms with Crippen molar-refractivity contribution in [2.24, 2.45) is 7.05 Å². The van der Waals surface area contributed by atoms with Crippen LogP contribution in [0.4, 0.5) is 10.2 Å². The first-order chi connectivity index (χ1) is 15.8. The van der Waals surface area contributed by atoms with Gasteiger partial charge in [0.2, 0.25) is 0 Å². The van der Waals surface area contributed by atoms with Crippen LogP contribution in [0, 0.1) is 17.1 Å². The van der Waals surface area contributed by atoms with Gasteiger partial charge < -0.3 is 15.2 Å². The maximum atomic E-state index is 14.2. The van der Waals surface area contributed by atoms with Gasteiger partial charge in [-0.05, 0) is 51.1 Å². The fourth-order valence-electron chi connectivity index (χ4n) is 4.85. The van der Waals surface area contributed by atoms with Crippen LogP contribution in [0.25, 0.3) is 11.1 Å². The van der Waals surface area contributed by atoms with Crippen LogP contribution < -0.4 is 15.2 Å². The fraction of sp³-hybridized carbons (Fsp3) is 0.375. The minimum atomic E-state index is -0.547. The second kappa shape index (κ2) is 7.74. The molecule has 0 amide bonds. The van der Waals surface area contributed by atoms with E-state index in [1.807, 2.05) is 14.0 Å². The lowest BCUT2D eigenvalue weighted by atomic mass is 9.87. The predicted octanol–water partition coefficient (Wildman–Crippen LogP) is 3.22. The average Bonchev–Trinajstić information content (AvgIpc) is 3.08. The zero-order valence-electron chi connectivity index (χ0n) is 18.8. The van der Waals surface area contributed by atoms with Crippen LogP contribution in [0.5, 0.6) is 11.5 Å². The normalized spacial score (nSPS) is 19.4. The van der Waals surface area contributed by atoms with Crippen molar-refractivity contribution < 1.29 is 13.9 Å². The van der Waals surface area contributed by atoms with E-state index in [1.165, 1.54) is 12.1 Å². The molecule has 2 bridgehead atoms. The smallest absolute Gasteiger partial charge is 0.166 e. The number of halogens is 1. The number of nitriles is 1. The standard InChI is InChI=1S/C24H25FN6O2/c1-14-17-9-16(25)4-5-20(17)33-24(12-30(2)13-24)7-6-18-22(19(10-26)31(3)29-18)15-8-21(32-14)23(27)28-11-15/h4-5,8-9,11,14H,6-7,12-13H2,1-3H3,(H2,27,28)/t14-/m1/s1. The van der Waals surface area contributed by atoms with Gasteiger partial charge >= 0.3 is 0 Å². The molecule has 1 aromatic carbocycles. The van der Waals surface area contributed by atoms with Crippen molar-refractivity contribution in [1.29, 1.82) is 5.26 Å². The third kappa shape index (κ3) is 3.66. The summed E-state index contributed by atoms with van der Waals surface area (Å²) in [5.74, 6) is 0.775. The summed E-state index contributed by atoms with van der Waals surface area (Å²) in [4.78, 5) is 6.48. The third-order valence-electron chi connectivity index (χ3n) is 6.37. The summed E-state index contributed by atoms with van der Waals surface area (Å²) in [6.07, 6.45) is 2.37. The Balaban J connectivity index is 1.68. The van der Waals surface area contributed by atoms with E-state index in [1.54, 1.807) is 30.1 Å². The Kier molecular flexibility index (Phi) is 4.98. The molecule has 4 heterocycles. The predicted molar refractivity (Wildman–Crippen MR) is 120 cm³/mol. The van der Waals surface area contributed by atoms with Gasteiger partial charge in [0, 0.05) is 43.0 Å². The highest BCUT2D eigenvalue weighted by molar-refractivity contribution is 5.73. The topological polar surface area (TPSA) is 102 Å². The van der Waals surface area contributed by atoms with Crippen molar-refractivity contribution in [3.8, 4) is 28.7 Å². The first kappa shape index (κ1) is 21.2. The number of likely N-dealkylation sites (tertiary alicyclic amines) is 1. The molecule has 2 aromatic heterocycles. The lowest BCUT2D eigenvalue weighted by molar-refractivity contribution is -0.0711. The molecule has 0 radical (unpaired) electrons. The summed E-state index contributed by atoms with van der Waals surface area (Å²) in [5.41, 5.74) is 8.90. The van der Waals surface area contributed by atoms with Crippen molar-refractivity contribution in [2.45, 2.75) is 31.5 Å². The number of aryl methyl sites for hydroxylation is 2. The van der Waals surface area contributed by atoms with Crippen LogP contribution in [0.3, 0.4) is 0 Å². The lowest BCUT2D eigenvalue weighted by Gasteiger charge is -2.48. The largest absolute Gasteiger partial charge is 0.484 e. The van der Waals surface area contributed by atoms with E-state index in [0.29, 0.717) is 41.2 Å². The molecular formula is C24H25FN6O2. The molecule has 9 heteroatoms. The van der Waals surface area contributed by atoms with Crippen molar-refractivity contribution in [3.63, 3.8) is 0 Å². The highest BCUT2D eigenvalue weighted by Gasteiger charge is 2.44. The summed E-state index contributed by atoms with van der Waals surface area (Å²) in [5, 5.41) is 14.4. The number of hydrogen-bond donors (Lipinski definition) is 1. The molecule has 0 saturated carbocycles. The van der Waals surface area contributed by atoms with Crippen LogP contribution in [0.15, 0.2) is 30.5 Å². The van der Waals surface area contributed by atoms with Gasteiger partial charge in [0.05, 0.1) is 5.69 Å². The highest BCUT2D eigenvalue weighted by Crippen LogP contribution is 2.40. The number of nitrogen functional groups attached to an aromatic ring is 1. The van der Waals surface area contributed by atoms with Gasteiger partial charge in [0.15, 0.2) is 11.6 Å². The number of nitrogens with zero attached hydrogens (tertiary/aromatic N) is 5. The van der Waals surface area contributed by atoms with Gasteiger partial charge in [0.25, 0.3) is 0 Å². The third-order valence-corrected chi connectivity index (χ3v) is 6.37. The number of aromatic nitrogens is 3. The average molecular weight is 449 g/mol. The number of fused-ring (bicyclic) bond motifs is 5. The van der Waals surface area contributed by atoms with Crippen molar-refractivity contribution in [2.75, 3.05) is 25.9 Å². The van der Waals surface area contributed by atoms with Crippen LogP contribution in [-0.2, 0) is 13.5 Å². The molecule has 8 nitrogen and oxygen atoms in total. The van der Waals surface area contributed by atoms with E-state index >= 15 is 0 Å². The number of likely N-dealkylation sites (N-methyl/N-ethyl adjacent to an activating group) is 1. The molecular weight excluding hydrogens is 423 g/mol. The van der Waals surface area contributed by atoms with Crippen molar-refractivity contribution >= 4 is 5.82 Å². The number of benzene rings is 1. The quantitative estimate of drug-likeness (QED) is 0.563. The number of anilines is 1. The second-order valence-corrected chi connectivity index (χ2v) is 8.91. The molecule has 170 valence electrons. The van der Waals surface area contributed by atoms with Gasteiger partial charge in [-0.3, -0.25) is 9.58 Å². The number of ether oxygens (including phenoxy) is 2. The van der Waals surface area contributed by atoms with Crippen LogP contribution >= 0.6 is 0 Å². The number of hydrogen-bond acceptors (Lipinski definition) is 7. The molecule has 3 aromatic rings. The Morgan fingerprint density at radius 2 is 2.03 bits per heavy atom. The summed E-state index contributed by atoms with van der Waals surface area (Å²) < 4.78 is 28.5. The second-order valence-electron chi connectivity index (χ2n) is 8.91. The maximum absolute atomic E-state index is 14.2. The SMILES string of the molecule is C[C@H]1Oc2cc(cnc2N)-c2c(nn(C)c2C#N)CCC2(CN(C)C2)Oc2ccc(F)cc21. The Morgan fingerprint density at radius 1 is 1.24 bits per heavy atom. The number of pyridine rings is 1. The van der Waals surface area contributed by atoms with Crippen LogP contribution in [0.2, 0.25) is 0 Å². The van der Waals surface area contributed by atoms with Crippen molar-refractivity contribution in [1.82, 2.24) is 19.7 Å². The monoisotopic (exact) mass is 448 g/mol. The number of nitrogens with two attached hydrogens (primary N) is 1. The Hall–Kier alpha value is -3.64. The van der Waals surface area contributed by atoms with E-state index < -0.39 is 11.7 Å². The Morgan fingerprint density at radius 3 is 2.76 bits per heavy atom. The van der Waals surface area contributed by atoms with Gasteiger partial charge in [0.1, 0.15) is 35.0 Å². The molecule has 1 atom stereocenters. The summed E-state index contributed by atoms with van der Waals surface area (Å²) in [7, 11) is 3.79. The first-order valence-electron chi connectivity index (χ1n) is 10.8. The Labute approximate surface area is 191 Å². The van der Waals surface area contributed by atoms with E-state index in [2.05, 4.69) is 21.1 Å². The molecule has 2 aliphatic heterocycles. The first-order valence-corrected chi connectivity index (χ1v) is 10.8. The summed E-state index contributed by atoms with van der Waals surface area (Å²) in [6.45, 7) is 3.28. The molecule has 1 spiro atoms. The highest BCUT2D eigenvalue weighted by atomic mass is 19.1. The zero-order valence-corrected chi connectivity index (χ0v) is 18.8. The van der Waals surface area contributed by atoms with E-state index in [9.17, 15) is 9.65 Å². The van der Waals surface area contributed by atoms with Crippen molar-refractivity contribution in [3.05, 3.63) is 53.2 Å². The van der Waals surface area contributed by atoms with E-state index in [4.69, 9.17) is 15.2 Å². The minimum Gasteiger partial charge on any atom is -0.484 e. The molecule has 1 fully saturated rings. The van der Waals surface area contributed by atoms with Crippen LogP contribution in [0.1, 0.15) is 36.4 Å². The summed E-state index contributed by atoms with van der Waals surface area (Å²) >= 11 is 0.